The Hall–Kier alpha value is -2.74. The number of aliphatic hydroxyl groups is 1. The minimum Gasteiger partial charge on any atom is -0.389 e. The van der Waals surface area contributed by atoms with E-state index in [2.05, 4.69) is 25.9 Å². The monoisotopic (exact) mass is 410 g/mol. The Morgan fingerprint density at radius 3 is 2.83 bits per heavy atom. The van der Waals surface area contributed by atoms with Gasteiger partial charge in [0.25, 0.3) is 0 Å². The molecule has 8 heteroatoms. The van der Waals surface area contributed by atoms with Crippen LogP contribution in [0.15, 0.2) is 42.5 Å². The molecule has 1 aliphatic heterocycles. The van der Waals surface area contributed by atoms with Crippen molar-refractivity contribution in [3.05, 3.63) is 53.9 Å². The lowest BCUT2D eigenvalue weighted by molar-refractivity contribution is 0.205. The first-order valence-corrected chi connectivity index (χ1v) is 10.8. The number of urea groups is 1. The molecule has 0 radical (unpaired) electrons. The number of hydrogen-bond acceptors (Lipinski definition) is 5. The molecule has 2 heterocycles. The van der Waals surface area contributed by atoms with Gasteiger partial charge in [-0.05, 0) is 43.1 Å². The summed E-state index contributed by atoms with van der Waals surface area (Å²) in [7, 11) is 0. The summed E-state index contributed by atoms with van der Waals surface area (Å²) < 4.78 is 0. The molecule has 30 heavy (non-hydrogen) atoms. The summed E-state index contributed by atoms with van der Waals surface area (Å²) in [5.74, 6) is 0.777. The lowest BCUT2D eigenvalue weighted by Gasteiger charge is -2.22. The van der Waals surface area contributed by atoms with Crippen LogP contribution in [0.5, 0.6) is 0 Å². The minimum absolute atomic E-state index is 0.00240. The summed E-state index contributed by atoms with van der Waals surface area (Å²) in [6, 6.07) is 9.92. The number of nitrogens with zero attached hydrogens (tertiary/aromatic N) is 4. The van der Waals surface area contributed by atoms with Gasteiger partial charge in [0.05, 0.1) is 12.1 Å². The van der Waals surface area contributed by atoms with Gasteiger partial charge in [0.15, 0.2) is 5.82 Å². The number of H-pyrrole nitrogens is 1. The molecule has 1 saturated heterocycles. The lowest BCUT2D eigenvalue weighted by Crippen LogP contribution is -2.34. The van der Waals surface area contributed by atoms with E-state index in [0.717, 1.165) is 43.6 Å². The summed E-state index contributed by atoms with van der Waals surface area (Å²) in [5.41, 5.74) is 1.48. The Bertz CT molecular complexity index is 835. The van der Waals surface area contributed by atoms with Crippen molar-refractivity contribution >= 4 is 6.03 Å². The fourth-order valence-corrected chi connectivity index (χ4v) is 4.27. The molecule has 2 atom stereocenters. The molecule has 0 bridgehead atoms. The molecule has 2 amide bonds. The van der Waals surface area contributed by atoms with Crippen LogP contribution in [0, 0.1) is 5.41 Å². The quantitative estimate of drug-likeness (QED) is 0.493. The van der Waals surface area contributed by atoms with Crippen molar-refractivity contribution in [1.29, 1.82) is 0 Å². The molecule has 0 spiro atoms. The van der Waals surface area contributed by atoms with E-state index in [-0.39, 0.29) is 12.1 Å². The van der Waals surface area contributed by atoms with Gasteiger partial charge in [-0.3, -0.25) is 0 Å². The van der Waals surface area contributed by atoms with Gasteiger partial charge in [-0.15, -0.1) is 10.2 Å². The van der Waals surface area contributed by atoms with Crippen LogP contribution in [-0.2, 0) is 12.8 Å². The summed E-state index contributed by atoms with van der Waals surface area (Å²) in [6.45, 7) is 1.33. The number of amides is 2. The number of carbonyl (C=O) groups is 1. The van der Waals surface area contributed by atoms with Gasteiger partial charge in [0.1, 0.15) is 0 Å². The second-order valence-electron chi connectivity index (χ2n) is 8.52. The lowest BCUT2D eigenvalue weighted by atomic mass is 9.94. The number of aromatic amines is 1. The number of hydrogen-bond donors (Lipinski definition) is 3. The van der Waals surface area contributed by atoms with Crippen molar-refractivity contribution in [2.75, 3.05) is 13.1 Å². The summed E-state index contributed by atoms with van der Waals surface area (Å²) in [4.78, 5) is 14.2. The van der Waals surface area contributed by atoms with E-state index in [4.69, 9.17) is 0 Å². The zero-order valence-corrected chi connectivity index (χ0v) is 17.2. The molecule has 8 nitrogen and oxygen atoms in total. The SMILES string of the molecule is O=C1NC[C@H](/C=C/C(O)Cc2ccccc2)N1CCCC1(CCc2nn[nH]n2)CC1. The molecule has 1 aromatic heterocycles. The minimum atomic E-state index is -0.551. The zero-order chi connectivity index (χ0) is 20.8. The number of aryl methyl sites for hydroxylation is 1. The van der Waals surface area contributed by atoms with Gasteiger partial charge in [-0.2, -0.15) is 5.21 Å². The molecule has 1 saturated carbocycles. The number of rotatable bonds is 11. The van der Waals surface area contributed by atoms with Gasteiger partial charge >= 0.3 is 6.03 Å². The molecule has 160 valence electrons. The van der Waals surface area contributed by atoms with E-state index in [1.54, 1.807) is 0 Å². The van der Waals surface area contributed by atoms with E-state index in [9.17, 15) is 9.90 Å². The van der Waals surface area contributed by atoms with Gasteiger partial charge in [-0.1, -0.05) is 47.7 Å². The largest absolute Gasteiger partial charge is 0.389 e. The van der Waals surface area contributed by atoms with Crippen LogP contribution in [0.1, 0.15) is 43.5 Å². The van der Waals surface area contributed by atoms with Crippen LogP contribution in [0.25, 0.3) is 0 Å². The maximum atomic E-state index is 12.3. The second-order valence-corrected chi connectivity index (χ2v) is 8.52. The van der Waals surface area contributed by atoms with Crippen LogP contribution >= 0.6 is 0 Å². The van der Waals surface area contributed by atoms with Crippen molar-refractivity contribution in [2.45, 2.75) is 57.1 Å². The van der Waals surface area contributed by atoms with Crippen molar-refractivity contribution in [3.8, 4) is 0 Å². The first kappa shape index (κ1) is 20.5. The summed E-state index contributed by atoms with van der Waals surface area (Å²) in [5, 5.41) is 27.4. The van der Waals surface area contributed by atoms with Gasteiger partial charge in [0.2, 0.25) is 0 Å². The highest BCUT2D eigenvalue weighted by atomic mass is 16.3. The summed E-state index contributed by atoms with van der Waals surface area (Å²) in [6.07, 6.45) is 10.3. The average Bonchev–Trinajstić information content (AvgIpc) is 3.15. The Labute approximate surface area is 176 Å². The smallest absolute Gasteiger partial charge is 0.318 e. The number of tetrazole rings is 1. The van der Waals surface area contributed by atoms with E-state index in [1.165, 1.54) is 12.8 Å². The molecule has 1 aliphatic carbocycles. The van der Waals surface area contributed by atoms with E-state index in [1.807, 2.05) is 47.4 Å². The van der Waals surface area contributed by atoms with E-state index in [0.29, 0.717) is 18.4 Å². The third-order valence-electron chi connectivity index (χ3n) is 6.30. The van der Waals surface area contributed by atoms with Crippen LogP contribution in [0.2, 0.25) is 0 Å². The van der Waals surface area contributed by atoms with Crippen molar-refractivity contribution in [2.24, 2.45) is 5.41 Å². The highest BCUT2D eigenvalue weighted by Crippen LogP contribution is 2.53. The molecule has 1 aromatic carbocycles. The Kier molecular flexibility index (Phi) is 6.42. The molecular formula is C22H30N6O2. The number of benzene rings is 1. The third-order valence-corrected chi connectivity index (χ3v) is 6.30. The highest BCUT2D eigenvalue weighted by molar-refractivity contribution is 5.77. The van der Waals surface area contributed by atoms with Crippen LogP contribution in [0.3, 0.4) is 0 Å². The molecule has 2 fully saturated rings. The van der Waals surface area contributed by atoms with Gasteiger partial charge in [-0.25, -0.2) is 4.79 Å². The molecule has 4 rings (SSSR count). The molecule has 2 aliphatic rings. The Morgan fingerprint density at radius 2 is 2.10 bits per heavy atom. The maximum absolute atomic E-state index is 12.3. The van der Waals surface area contributed by atoms with Crippen molar-refractivity contribution in [1.82, 2.24) is 30.8 Å². The first-order chi connectivity index (χ1) is 14.6. The third kappa shape index (κ3) is 5.44. The topological polar surface area (TPSA) is 107 Å². The normalized spacial score (nSPS) is 21.2. The second kappa shape index (κ2) is 9.38. The van der Waals surface area contributed by atoms with Crippen LogP contribution < -0.4 is 5.32 Å². The number of aliphatic hydroxyl groups excluding tert-OH is 1. The molecular weight excluding hydrogens is 380 g/mol. The van der Waals surface area contributed by atoms with Gasteiger partial charge < -0.3 is 15.3 Å². The number of carbonyl (C=O) groups excluding carboxylic acids is 1. The Balaban J connectivity index is 1.23. The predicted octanol–water partition coefficient (Wildman–Crippen LogP) is 2.25. The zero-order valence-electron chi connectivity index (χ0n) is 17.2. The average molecular weight is 411 g/mol. The fourth-order valence-electron chi connectivity index (χ4n) is 4.27. The van der Waals surface area contributed by atoms with E-state index >= 15 is 0 Å². The predicted molar refractivity (Wildman–Crippen MR) is 113 cm³/mol. The maximum Gasteiger partial charge on any atom is 0.318 e. The standard InChI is InChI=1S/C22H30N6O2/c29-19(15-17-5-2-1-3-6-17)8-7-18-16-23-21(30)28(18)14-4-10-22(12-13-22)11-9-20-24-26-27-25-20/h1-3,5-8,18-19,29H,4,9-16H2,(H,23,30)(H,24,25,26,27)/b8-7+/t18-,19?/m0/s1. The number of nitrogens with one attached hydrogen (secondary N) is 2. The summed E-state index contributed by atoms with van der Waals surface area (Å²) >= 11 is 0. The Morgan fingerprint density at radius 1 is 1.27 bits per heavy atom. The highest BCUT2D eigenvalue weighted by Gasteiger charge is 2.41. The van der Waals surface area contributed by atoms with Gasteiger partial charge in [0, 0.05) is 25.9 Å². The molecule has 2 aromatic rings. The first-order valence-electron chi connectivity index (χ1n) is 10.8. The number of aromatic nitrogens is 4. The molecule has 1 unspecified atom stereocenters. The van der Waals surface area contributed by atoms with Crippen LogP contribution in [-0.4, -0.2) is 61.9 Å². The van der Waals surface area contributed by atoms with Crippen molar-refractivity contribution < 1.29 is 9.90 Å². The van der Waals surface area contributed by atoms with E-state index < -0.39 is 6.10 Å². The fraction of sp³-hybridized carbons (Fsp3) is 0.545. The van der Waals surface area contributed by atoms with Crippen LogP contribution in [0.4, 0.5) is 4.79 Å². The van der Waals surface area contributed by atoms with Crippen molar-refractivity contribution in [3.63, 3.8) is 0 Å². The molecule has 3 N–H and O–H groups in total.